The van der Waals surface area contributed by atoms with E-state index >= 15 is 0 Å². The quantitative estimate of drug-likeness (QED) is 0.676. The van der Waals surface area contributed by atoms with Gasteiger partial charge in [-0.15, -0.1) is 0 Å². The summed E-state index contributed by atoms with van der Waals surface area (Å²) in [4.78, 5) is 0. The van der Waals surface area contributed by atoms with Crippen LogP contribution in [0, 0.1) is 11.8 Å². The summed E-state index contributed by atoms with van der Waals surface area (Å²) in [7, 11) is 0. The fraction of sp³-hybridized carbons (Fsp3) is 1.00. The second-order valence-electron chi connectivity index (χ2n) is 3.84. The molecule has 1 aliphatic rings. The van der Waals surface area contributed by atoms with Gasteiger partial charge in [0.15, 0.2) is 0 Å². The van der Waals surface area contributed by atoms with Crippen LogP contribution in [0.4, 0.5) is 0 Å². The van der Waals surface area contributed by atoms with E-state index in [9.17, 15) is 0 Å². The first-order chi connectivity index (χ1) is 5.86. The van der Waals surface area contributed by atoms with Gasteiger partial charge in [0.1, 0.15) is 0 Å². The van der Waals surface area contributed by atoms with Crippen molar-refractivity contribution < 1.29 is 0 Å². The van der Waals surface area contributed by atoms with E-state index in [0.717, 1.165) is 11.8 Å². The first kappa shape index (κ1) is 11.0. The summed E-state index contributed by atoms with van der Waals surface area (Å²) < 4.78 is 0. The normalized spacial score (nSPS) is 30.5. The Morgan fingerprint density at radius 1 is 0.750 bits per heavy atom. The van der Waals surface area contributed by atoms with Crippen LogP contribution in [0.15, 0.2) is 0 Å². The largest absolute Gasteiger partial charge is 0.0928 e. The number of rotatable bonds is 4. The van der Waals surface area contributed by atoms with Gasteiger partial charge in [0.2, 0.25) is 0 Å². The third kappa shape index (κ3) is 3.78. The summed E-state index contributed by atoms with van der Waals surface area (Å²) in [5.41, 5.74) is 0. The predicted octanol–water partition coefficient (Wildman–Crippen LogP) is 4.36. The van der Waals surface area contributed by atoms with E-state index in [1.54, 1.807) is 0 Å². The Bertz CT molecular complexity index is 92.4. The fourth-order valence-corrected chi connectivity index (χ4v) is 3.41. The van der Waals surface area contributed by atoms with Crippen LogP contribution in [-0.4, -0.2) is 10.7 Å². The number of alkyl halides is 2. The van der Waals surface area contributed by atoms with Crippen molar-refractivity contribution in [2.75, 3.05) is 10.7 Å². The molecule has 1 aliphatic carbocycles. The monoisotopic (exact) mass is 296 g/mol. The maximum absolute atomic E-state index is 3.52. The van der Waals surface area contributed by atoms with Crippen molar-refractivity contribution in [3.8, 4) is 0 Å². The number of hydrogen-bond acceptors (Lipinski definition) is 0. The third-order valence-corrected chi connectivity index (χ3v) is 3.92. The Morgan fingerprint density at radius 2 is 1.08 bits per heavy atom. The Hall–Kier alpha value is 0.960. The van der Waals surface area contributed by atoms with E-state index < -0.39 is 0 Å². The van der Waals surface area contributed by atoms with Crippen molar-refractivity contribution in [3.63, 3.8) is 0 Å². The van der Waals surface area contributed by atoms with E-state index in [1.807, 2.05) is 0 Å². The lowest BCUT2D eigenvalue weighted by atomic mass is 9.80. The SMILES string of the molecule is BrCC[C@H]1CC[C@H](CCBr)CC1. The number of hydrogen-bond donors (Lipinski definition) is 0. The lowest BCUT2D eigenvalue weighted by Gasteiger charge is -2.27. The van der Waals surface area contributed by atoms with Crippen LogP contribution < -0.4 is 0 Å². The summed E-state index contributed by atoms with van der Waals surface area (Å²) in [6.07, 6.45) is 8.68. The summed E-state index contributed by atoms with van der Waals surface area (Å²) in [6, 6.07) is 0. The Labute approximate surface area is 92.8 Å². The van der Waals surface area contributed by atoms with Gasteiger partial charge in [0, 0.05) is 10.7 Å². The average Bonchev–Trinajstić information content (AvgIpc) is 2.09. The van der Waals surface area contributed by atoms with Crippen LogP contribution in [0.2, 0.25) is 0 Å². The summed E-state index contributed by atoms with van der Waals surface area (Å²) in [5, 5.41) is 2.39. The summed E-state index contributed by atoms with van der Waals surface area (Å²) in [5.74, 6) is 2.05. The molecule has 72 valence electrons. The standard InChI is InChI=1S/C10H18Br2/c11-7-5-9-1-2-10(4-3-9)6-8-12/h9-10H,1-8H2/t9-,10-. The maximum Gasteiger partial charge on any atom is 0.00339 e. The van der Waals surface area contributed by atoms with Crippen LogP contribution in [0.3, 0.4) is 0 Å². The van der Waals surface area contributed by atoms with E-state index in [4.69, 9.17) is 0 Å². The fourth-order valence-electron chi connectivity index (χ4n) is 2.12. The highest BCUT2D eigenvalue weighted by atomic mass is 79.9. The van der Waals surface area contributed by atoms with Gasteiger partial charge < -0.3 is 0 Å². The second-order valence-corrected chi connectivity index (χ2v) is 5.43. The van der Waals surface area contributed by atoms with Gasteiger partial charge >= 0.3 is 0 Å². The third-order valence-electron chi connectivity index (χ3n) is 3.00. The van der Waals surface area contributed by atoms with E-state index in [1.165, 1.54) is 49.2 Å². The van der Waals surface area contributed by atoms with Crippen molar-refractivity contribution in [1.82, 2.24) is 0 Å². The van der Waals surface area contributed by atoms with Gasteiger partial charge in [-0.2, -0.15) is 0 Å². The molecule has 0 saturated heterocycles. The van der Waals surface area contributed by atoms with Crippen LogP contribution in [-0.2, 0) is 0 Å². The highest BCUT2D eigenvalue weighted by Gasteiger charge is 2.19. The highest BCUT2D eigenvalue weighted by molar-refractivity contribution is 9.09. The van der Waals surface area contributed by atoms with Crippen molar-refractivity contribution in [2.45, 2.75) is 38.5 Å². The van der Waals surface area contributed by atoms with Gasteiger partial charge in [-0.25, -0.2) is 0 Å². The minimum Gasteiger partial charge on any atom is -0.0928 e. The Kier molecular flexibility index (Phi) is 5.90. The zero-order chi connectivity index (χ0) is 8.81. The molecule has 0 spiro atoms. The summed E-state index contributed by atoms with van der Waals surface area (Å²) in [6.45, 7) is 0. The van der Waals surface area contributed by atoms with Gasteiger partial charge in [0.25, 0.3) is 0 Å². The van der Waals surface area contributed by atoms with Crippen molar-refractivity contribution >= 4 is 31.9 Å². The van der Waals surface area contributed by atoms with Gasteiger partial charge in [-0.3, -0.25) is 0 Å². The molecule has 12 heavy (non-hydrogen) atoms. The van der Waals surface area contributed by atoms with Crippen molar-refractivity contribution in [2.24, 2.45) is 11.8 Å². The lowest BCUT2D eigenvalue weighted by molar-refractivity contribution is 0.267. The first-order valence-electron chi connectivity index (χ1n) is 4.98. The molecule has 0 unspecified atom stereocenters. The number of halogens is 2. The van der Waals surface area contributed by atoms with E-state index in [2.05, 4.69) is 31.9 Å². The van der Waals surface area contributed by atoms with Gasteiger partial charge in [0.05, 0.1) is 0 Å². The molecule has 1 rings (SSSR count). The van der Waals surface area contributed by atoms with Crippen LogP contribution >= 0.6 is 31.9 Å². The topological polar surface area (TPSA) is 0 Å². The zero-order valence-electron chi connectivity index (χ0n) is 7.57. The van der Waals surface area contributed by atoms with E-state index in [0.29, 0.717) is 0 Å². The predicted molar refractivity (Wildman–Crippen MR) is 62.3 cm³/mol. The van der Waals surface area contributed by atoms with Crippen molar-refractivity contribution in [3.05, 3.63) is 0 Å². The molecule has 0 heterocycles. The molecule has 0 aliphatic heterocycles. The maximum atomic E-state index is 3.52. The minimum atomic E-state index is 1.02. The molecule has 2 heteroatoms. The Balaban J connectivity index is 2.11. The molecule has 1 fully saturated rings. The van der Waals surface area contributed by atoms with Gasteiger partial charge in [-0.05, 0) is 24.7 Å². The van der Waals surface area contributed by atoms with Crippen molar-refractivity contribution in [1.29, 1.82) is 0 Å². The van der Waals surface area contributed by atoms with E-state index in [-0.39, 0.29) is 0 Å². The molecule has 0 amide bonds. The average molecular weight is 298 g/mol. The molecule has 1 saturated carbocycles. The highest BCUT2D eigenvalue weighted by Crippen LogP contribution is 2.32. The van der Waals surface area contributed by atoms with Crippen LogP contribution in [0.5, 0.6) is 0 Å². The molecule has 0 bridgehead atoms. The molecule has 0 aromatic carbocycles. The Morgan fingerprint density at radius 3 is 1.33 bits per heavy atom. The molecule has 0 aromatic heterocycles. The molecular weight excluding hydrogens is 280 g/mol. The first-order valence-corrected chi connectivity index (χ1v) is 7.23. The molecule has 0 atom stereocenters. The molecule has 0 N–H and O–H groups in total. The van der Waals surface area contributed by atoms with Crippen LogP contribution in [0.1, 0.15) is 38.5 Å². The minimum absolute atomic E-state index is 1.02. The molecule has 0 nitrogen and oxygen atoms in total. The van der Waals surface area contributed by atoms with Crippen LogP contribution in [0.25, 0.3) is 0 Å². The summed E-state index contributed by atoms with van der Waals surface area (Å²) >= 11 is 7.05. The smallest absolute Gasteiger partial charge is 0.00339 e. The zero-order valence-corrected chi connectivity index (χ0v) is 10.7. The second kappa shape index (κ2) is 6.42. The lowest BCUT2D eigenvalue weighted by Crippen LogP contribution is -2.15. The molecular formula is C10H18Br2. The van der Waals surface area contributed by atoms with Gasteiger partial charge in [-0.1, -0.05) is 57.5 Å². The molecule has 0 aromatic rings. The molecule has 0 radical (unpaired) electrons.